The van der Waals surface area contributed by atoms with Crippen LogP contribution in [0.2, 0.25) is 0 Å². The first-order valence-electron chi connectivity index (χ1n) is 5.94. The van der Waals surface area contributed by atoms with Gasteiger partial charge in [0.25, 0.3) is 0 Å². The number of rotatable bonds is 2. The molecular weight excluding hydrogens is 214 g/mol. The highest BCUT2D eigenvalue weighted by molar-refractivity contribution is 5.99. The van der Waals surface area contributed by atoms with Crippen molar-refractivity contribution in [1.82, 2.24) is 4.90 Å². The maximum Gasteiger partial charge on any atom is 0.215 e. The minimum absolute atomic E-state index is 0.0800. The zero-order valence-corrected chi connectivity index (χ0v) is 10.9. The Morgan fingerprint density at radius 1 is 1.35 bits per heavy atom. The molecule has 0 saturated carbocycles. The first-order chi connectivity index (χ1) is 8.00. The summed E-state index contributed by atoms with van der Waals surface area (Å²) < 4.78 is 5.30. The van der Waals surface area contributed by atoms with Crippen LogP contribution in [-0.2, 0) is 0 Å². The van der Waals surface area contributed by atoms with E-state index in [1.165, 1.54) is 11.1 Å². The van der Waals surface area contributed by atoms with Crippen LogP contribution in [-0.4, -0.2) is 30.3 Å². The van der Waals surface area contributed by atoms with E-state index >= 15 is 0 Å². The fourth-order valence-electron chi connectivity index (χ4n) is 2.31. The van der Waals surface area contributed by atoms with E-state index in [-0.39, 0.29) is 11.8 Å². The van der Waals surface area contributed by atoms with E-state index in [0.29, 0.717) is 5.76 Å². The summed E-state index contributed by atoms with van der Waals surface area (Å²) in [6.45, 7) is 7.01. The van der Waals surface area contributed by atoms with Gasteiger partial charge in [-0.2, -0.15) is 0 Å². The minimum atomic E-state index is -0.0800. The summed E-state index contributed by atoms with van der Waals surface area (Å²) in [5.41, 5.74) is 3.62. The molecule has 0 spiro atoms. The van der Waals surface area contributed by atoms with Crippen molar-refractivity contribution in [3.63, 3.8) is 0 Å². The van der Waals surface area contributed by atoms with Crippen molar-refractivity contribution in [1.29, 1.82) is 0 Å². The molecule has 17 heavy (non-hydrogen) atoms. The van der Waals surface area contributed by atoms with Gasteiger partial charge >= 0.3 is 0 Å². The number of carbonyl (C=O) groups is 1. The van der Waals surface area contributed by atoms with Crippen LogP contribution in [0.15, 0.2) is 27.9 Å². The standard InChI is InChI=1S/C14H19NO2/c1-9-5-6-17-14(9)13(16)12-7-10(2)11(3)8-15(12)4/h5-6,12H,7-8H2,1-4H3. The molecule has 0 amide bonds. The SMILES string of the molecule is CC1=C(C)CN(C)C(C(=O)c2occc2C)C1. The number of carbonyl (C=O) groups excluding carboxylic acids is 1. The maximum absolute atomic E-state index is 12.4. The average molecular weight is 233 g/mol. The summed E-state index contributed by atoms with van der Waals surface area (Å²) in [5.74, 6) is 0.607. The lowest BCUT2D eigenvalue weighted by atomic mass is 9.92. The molecule has 1 aliphatic heterocycles. The molecule has 92 valence electrons. The van der Waals surface area contributed by atoms with Gasteiger partial charge in [-0.3, -0.25) is 9.69 Å². The van der Waals surface area contributed by atoms with Crippen LogP contribution in [0.4, 0.5) is 0 Å². The molecule has 0 aromatic carbocycles. The van der Waals surface area contributed by atoms with Gasteiger partial charge in [-0.1, -0.05) is 11.1 Å². The fraction of sp³-hybridized carbons (Fsp3) is 0.500. The van der Waals surface area contributed by atoms with E-state index in [4.69, 9.17) is 4.42 Å². The Balaban J connectivity index is 2.25. The van der Waals surface area contributed by atoms with Gasteiger partial charge in [0.05, 0.1) is 12.3 Å². The highest BCUT2D eigenvalue weighted by atomic mass is 16.3. The van der Waals surface area contributed by atoms with Crippen molar-refractivity contribution in [3.05, 3.63) is 34.8 Å². The van der Waals surface area contributed by atoms with Gasteiger partial charge in [0.2, 0.25) is 5.78 Å². The second-order valence-corrected chi connectivity index (χ2v) is 4.99. The highest BCUT2D eigenvalue weighted by Crippen LogP contribution is 2.25. The summed E-state index contributed by atoms with van der Waals surface area (Å²) >= 11 is 0. The summed E-state index contributed by atoms with van der Waals surface area (Å²) in [6, 6.07) is 1.76. The van der Waals surface area contributed by atoms with E-state index in [1.54, 1.807) is 6.26 Å². The lowest BCUT2D eigenvalue weighted by Crippen LogP contribution is -2.42. The van der Waals surface area contributed by atoms with Crippen molar-refractivity contribution in [3.8, 4) is 0 Å². The molecule has 1 unspecified atom stereocenters. The van der Waals surface area contributed by atoms with Crippen LogP contribution < -0.4 is 0 Å². The van der Waals surface area contributed by atoms with Gasteiger partial charge in [0.15, 0.2) is 5.76 Å². The second kappa shape index (κ2) is 4.49. The Hall–Kier alpha value is -1.35. The number of aryl methyl sites for hydroxylation is 1. The molecule has 2 heterocycles. The Morgan fingerprint density at radius 3 is 2.65 bits per heavy atom. The predicted molar refractivity (Wildman–Crippen MR) is 67.2 cm³/mol. The molecular formula is C14H19NO2. The van der Waals surface area contributed by atoms with Gasteiger partial charge in [-0.05, 0) is 45.9 Å². The van der Waals surface area contributed by atoms with Gasteiger partial charge in [-0.15, -0.1) is 0 Å². The molecule has 2 rings (SSSR count). The maximum atomic E-state index is 12.4. The molecule has 3 heteroatoms. The average Bonchev–Trinajstić information content (AvgIpc) is 2.69. The topological polar surface area (TPSA) is 33.5 Å². The molecule has 3 nitrogen and oxygen atoms in total. The van der Waals surface area contributed by atoms with Gasteiger partial charge in [0.1, 0.15) is 0 Å². The first kappa shape index (κ1) is 12.1. The zero-order chi connectivity index (χ0) is 12.6. The number of likely N-dealkylation sites (N-methyl/N-ethyl adjacent to an activating group) is 1. The first-order valence-corrected chi connectivity index (χ1v) is 5.94. The molecule has 0 fully saturated rings. The quantitative estimate of drug-likeness (QED) is 0.581. The van der Waals surface area contributed by atoms with Gasteiger partial charge in [0, 0.05) is 6.54 Å². The number of nitrogens with zero attached hydrogens (tertiary/aromatic N) is 1. The van der Waals surface area contributed by atoms with E-state index in [2.05, 4.69) is 18.7 Å². The third-order valence-electron chi connectivity index (χ3n) is 3.64. The molecule has 0 radical (unpaired) electrons. The van der Waals surface area contributed by atoms with E-state index < -0.39 is 0 Å². The second-order valence-electron chi connectivity index (χ2n) is 4.99. The summed E-state index contributed by atoms with van der Waals surface area (Å²) in [4.78, 5) is 14.5. The Labute approximate surface area is 102 Å². The number of Topliss-reactive ketones (excluding diaryl/α,β-unsaturated/α-hetero) is 1. The molecule has 1 aromatic rings. The molecule has 1 atom stereocenters. The summed E-state index contributed by atoms with van der Waals surface area (Å²) in [5, 5.41) is 0. The van der Waals surface area contributed by atoms with Crippen LogP contribution in [0.25, 0.3) is 0 Å². The molecule has 0 aliphatic carbocycles. The highest BCUT2D eigenvalue weighted by Gasteiger charge is 2.30. The molecule has 0 N–H and O–H groups in total. The minimum Gasteiger partial charge on any atom is -0.461 e. The van der Waals surface area contributed by atoms with Crippen molar-refractivity contribution in [2.75, 3.05) is 13.6 Å². The van der Waals surface area contributed by atoms with Crippen LogP contribution >= 0.6 is 0 Å². The third kappa shape index (κ3) is 2.20. The van der Waals surface area contributed by atoms with Crippen molar-refractivity contribution in [2.24, 2.45) is 0 Å². The fourth-order valence-corrected chi connectivity index (χ4v) is 2.31. The summed E-state index contributed by atoms with van der Waals surface area (Å²) in [7, 11) is 2.00. The van der Waals surface area contributed by atoms with E-state index in [0.717, 1.165) is 18.5 Å². The Kier molecular flexibility index (Phi) is 3.20. The third-order valence-corrected chi connectivity index (χ3v) is 3.64. The zero-order valence-electron chi connectivity index (χ0n) is 10.9. The molecule has 0 saturated heterocycles. The molecule has 0 bridgehead atoms. The summed E-state index contributed by atoms with van der Waals surface area (Å²) in [6.07, 6.45) is 2.39. The molecule has 1 aliphatic rings. The number of hydrogen-bond donors (Lipinski definition) is 0. The molecule has 1 aromatic heterocycles. The van der Waals surface area contributed by atoms with E-state index in [1.807, 2.05) is 20.0 Å². The van der Waals surface area contributed by atoms with Crippen molar-refractivity contribution >= 4 is 5.78 Å². The van der Waals surface area contributed by atoms with Crippen LogP contribution in [0.5, 0.6) is 0 Å². The number of furan rings is 1. The number of hydrogen-bond acceptors (Lipinski definition) is 3. The van der Waals surface area contributed by atoms with Crippen LogP contribution in [0.1, 0.15) is 36.4 Å². The lowest BCUT2D eigenvalue weighted by molar-refractivity contribution is 0.0819. The van der Waals surface area contributed by atoms with Crippen molar-refractivity contribution < 1.29 is 9.21 Å². The lowest BCUT2D eigenvalue weighted by Gasteiger charge is -2.32. The predicted octanol–water partition coefficient (Wildman–Crippen LogP) is 2.81. The van der Waals surface area contributed by atoms with E-state index in [9.17, 15) is 4.79 Å². The normalized spacial score (nSPS) is 22.0. The van der Waals surface area contributed by atoms with Gasteiger partial charge < -0.3 is 4.42 Å². The van der Waals surface area contributed by atoms with Gasteiger partial charge in [-0.25, -0.2) is 0 Å². The Morgan fingerprint density at radius 2 is 2.06 bits per heavy atom. The number of ketones is 1. The van der Waals surface area contributed by atoms with Crippen LogP contribution in [0, 0.1) is 6.92 Å². The smallest absolute Gasteiger partial charge is 0.215 e. The van der Waals surface area contributed by atoms with Crippen molar-refractivity contribution in [2.45, 2.75) is 33.2 Å². The van der Waals surface area contributed by atoms with Crippen LogP contribution in [0.3, 0.4) is 0 Å². The Bertz CT molecular complexity index is 470. The largest absolute Gasteiger partial charge is 0.461 e. The monoisotopic (exact) mass is 233 g/mol.